The Morgan fingerprint density at radius 2 is 1.07 bits per heavy atom. The van der Waals surface area contributed by atoms with Gasteiger partial charge in [0.2, 0.25) is 11.9 Å². The molecular weight excluding hydrogens is 536 g/mol. The maximum Gasteiger partial charge on any atom is 0.228 e. The highest BCUT2D eigenvalue weighted by Gasteiger charge is 2.27. The molecule has 2 aliphatic heterocycles. The van der Waals surface area contributed by atoms with Crippen molar-refractivity contribution in [3.8, 4) is 11.5 Å². The van der Waals surface area contributed by atoms with Crippen LogP contribution in [0.2, 0.25) is 0 Å². The van der Waals surface area contributed by atoms with Crippen LogP contribution in [-0.4, -0.2) is 82.8 Å². The van der Waals surface area contributed by atoms with Crippen molar-refractivity contribution in [3.05, 3.63) is 59.7 Å². The Kier molecular flexibility index (Phi) is 8.06. The summed E-state index contributed by atoms with van der Waals surface area (Å²) >= 11 is 0. The zero-order valence-corrected chi connectivity index (χ0v) is 23.8. The Balaban J connectivity index is 1.40. The summed E-state index contributed by atoms with van der Waals surface area (Å²) in [5, 5.41) is 27.4. The van der Waals surface area contributed by atoms with Crippen molar-refractivity contribution < 1.29 is 19.7 Å². The van der Waals surface area contributed by atoms with E-state index in [0.717, 1.165) is 22.6 Å². The van der Waals surface area contributed by atoms with Gasteiger partial charge in [-0.15, -0.1) is 0 Å². The third-order valence-corrected chi connectivity index (χ3v) is 7.65. The molecule has 0 saturated carbocycles. The summed E-state index contributed by atoms with van der Waals surface area (Å²) in [7, 11) is 3.29. The van der Waals surface area contributed by atoms with E-state index in [1.807, 2.05) is 58.3 Å². The fraction of sp³-hybridized carbons (Fsp3) is 0.400. The van der Waals surface area contributed by atoms with Crippen molar-refractivity contribution in [3.63, 3.8) is 0 Å². The summed E-state index contributed by atoms with van der Waals surface area (Å²) in [6, 6.07) is 15.7. The number of nitrogens with zero attached hydrogens (tertiary/aromatic N) is 6. The second-order valence-corrected chi connectivity index (χ2v) is 10.6. The largest absolute Gasteiger partial charge is 0.497 e. The Labute approximate surface area is 244 Å². The third-order valence-electron chi connectivity index (χ3n) is 7.65. The molecule has 4 aromatic rings. The van der Waals surface area contributed by atoms with Crippen LogP contribution in [0.3, 0.4) is 0 Å². The number of aromatic nitrogens is 4. The zero-order chi connectivity index (χ0) is 29.1. The van der Waals surface area contributed by atoms with E-state index in [1.165, 1.54) is 0 Å². The molecule has 4 N–H and O–H groups in total. The van der Waals surface area contributed by atoms with E-state index >= 15 is 0 Å². The first kappa shape index (κ1) is 27.7. The fourth-order valence-corrected chi connectivity index (χ4v) is 5.23. The van der Waals surface area contributed by atoms with Crippen molar-refractivity contribution in [1.29, 1.82) is 0 Å². The van der Waals surface area contributed by atoms with Crippen molar-refractivity contribution in [2.75, 3.05) is 60.8 Å². The van der Waals surface area contributed by atoms with E-state index in [0.29, 0.717) is 86.7 Å². The van der Waals surface area contributed by atoms with Crippen LogP contribution in [0.5, 0.6) is 11.5 Å². The van der Waals surface area contributed by atoms with Crippen molar-refractivity contribution in [2.45, 2.75) is 38.1 Å². The SMILES string of the molecule is COc1ccc(CNc2nc(N3CCC(O)C3)nc3c(NCc4ccc(OC)cc4)nc(N4CCC(O)C4)nc23)cc1. The van der Waals surface area contributed by atoms with Gasteiger partial charge in [0, 0.05) is 39.3 Å². The quantitative estimate of drug-likeness (QED) is 0.222. The van der Waals surface area contributed by atoms with Crippen LogP contribution >= 0.6 is 0 Å². The summed E-state index contributed by atoms with van der Waals surface area (Å²) in [5.41, 5.74) is 3.26. The highest BCUT2D eigenvalue weighted by molar-refractivity contribution is 5.94. The molecule has 12 nitrogen and oxygen atoms in total. The number of aliphatic hydroxyl groups excluding tert-OH is 2. The van der Waals surface area contributed by atoms with Crippen LogP contribution in [0.15, 0.2) is 48.5 Å². The molecule has 42 heavy (non-hydrogen) atoms. The predicted molar refractivity (Wildman–Crippen MR) is 161 cm³/mol. The lowest BCUT2D eigenvalue weighted by Crippen LogP contribution is -2.25. The minimum atomic E-state index is -0.423. The first-order chi connectivity index (χ1) is 20.5. The highest BCUT2D eigenvalue weighted by atomic mass is 16.5. The molecule has 0 radical (unpaired) electrons. The summed E-state index contributed by atoms with van der Waals surface area (Å²) in [5.74, 6) is 3.75. The minimum Gasteiger partial charge on any atom is -0.497 e. The molecule has 2 aliphatic rings. The molecule has 0 aliphatic carbocycles. The van der Waals surface area contributed by atoms with Crippen LogP contribution in [-0.2, 0) is 13.1 Å². The van der Waals surface area contributed by atoms with Gasteiger partial charge in [-0.25, -0.2) is 9.97 Å². The first-order valence-electron chi connectivity index (χ1n) is 14.2. The molecule has 2 atom stereocenters. The monoisotopic (exact) mass is 572 g/mol. The number of ether oxygens (including phenoxy) is 2. The van der Waals surface area contributed by atoms with Gasteiger partial charge in [0.1, 0.15) is 22.5 Å². The predicted octanol–water partition coefficient (Wildman–Crippen LogP) is 2.80. The maximum atomic E-state index is 10.2. The molecule has 2 aromatic carbocycles. The van der Waals surface area contributed by atoms with Crippen LogP contribution < -0.4 is 29.9 Å². The molecule has 4 heterocycles. The van der Waals surface area contributed by atoms with E-state index in [9.17, 15) is 10.2 Å². The highest BCUT2D eigenvalue weighted by Crippen LogP contribution is 2.31. The topological polar surface area (TPSA) is 141 Å². The van der Waals surface area contributed by atoms with Gasteiger partial charge in [-0.1, -0.05) is 24.3 Å². The molecule has 2 saturated heterocycles. The lowest BCUT2D eigenvalue weighted by molar-refractivity contribution is 0.198. The summed E-state index contributed by atoms with van der Waals surface area (Å²) in [6.45, 7) is 3.25. The lowest BCUT2D eigenvalue weighted by atomic mass is 10.2. The van der Waals surface area contributed by atoms with Gasteiger partial charge in [-0.3, -0.25) is 0 Å². The molecule has 220 valence electrons. The number of benzene rings is 2. The molecule has 2 fully saturated rings. The molecule has 0 spiro atoms. The van der Waals surface area contributed by atoms with E-state index in [2.05, 4.69) is 10.6 Å². The number of aliphatic hydroxyl groups is 2. The third kappa shape index (κ3) is 6.09. The summed E-state index contributed by atoms with van der Waals surface area (Å²) in [4.78, 5) is 23.6. The number of methoxy groups -OCH3 is 2. The molecular formula is C30H36N8O4. The van der Waals surface area contributed by atoms with Crippen molar-refractivity contribution >= 4 is 34.6 Å². The van der Waals surface area contributed by atoms with E-state index in [1.54, 1.807) is 14.2 Å². The van der Waals surface area contributed by atoms with Gasteiger partial charge in [-0.05, 0) is 48.2 Å². The van der Waals surface area contributed by atoms with Crippen LogP contribution in [0.4, 0.5) is 23.5 Å². The molecule has 6 rings (SSSR count). The number of nitrogens with one attached hydrogen (secondary N) is 2. The van der Waals surface area contributed by atoms with Crippen molar-refractivity contribution in [1.82, 2.24) is 19.9 Å². The average Bonchev–Trinajstić information content (AvgIpc) is 3.67. The zero-order valence-electron chi connectivity index (χ0n) is 23.8. The molecule has 0 bridgehead atoms. The van der Waals surface area contributed by atoms with Gasteiger partial charge < -0.3 is 40.1 Å². The average molecular weight is 573 g/mol. The van der Waals surface area contributed by atoms with E-state index < -0.39 is 12.2 Å². The summed E-state index contributed by atoms with van der Waals surface area (Å²) in [6.07, 6.45) is 0.470. The normalized spacial score (nSPS) is 18.5. The maximum absolute atomic E-state index is 10.2. The van der Waals surface area contributed by atoms with Gasteiger partial charge in [0.25, 0.3) is 0 Å². The Morgan fingerprint density at radius 3 is 1.40 bits per heavy atom. The second-order valence-electron chi connectivity index (χ2n) is 10.6. The van der Waals surface area contributed by atoms with Crippen molar-refractivity contribution in [2.24, 2.45) is 0 Å². The minimum absolute atomic E-state index is 0.423. The fourth-order valence-electron chi connectivity index (χ4n) is 5.23. The van der Waals surface area contributed by atoms with Gasteiger partial charge >= 0.3 is 0 Å². The van der Waals surface area contributed by atoms with Gasteiger partial charge in [0.15, 0.2) is 11.6 Å². The van der Waals surface area contributed by atoms with Crippen LogP contribution in [0, 0.1) is 0 Å². The molecule has 2 unspecified atom stereocenters. The van der Waals surface area contributed by atoms with E-state index in [-0.39, 0.29) is 0 Å². The summed E-state index contributed by atoms with van der Waals surface area (Å²) < 4.78 is 10.6. The van der Waals surface area contributed by atoms with E-state index in [4.69, 9.17) is 29.4 Å². The Morgan fingerprint density at radius 1 is 0.667 bits per heavy atom. The second kappa shape index (κ2) is 12.2. The Bertz CT molecular complexity index is 1400. The number of hydrogen-bond donors (Lipinski definition) is 4. The molecule has 2 aromatic heterocycles. The van der Waals surface area contributed by atoms with Gasteiger partial charge in [0.05, 0.1) is 26.4 Å². The number of fused-ring (bicyclic) bond motifs is 1. The van der Waals surface area contributed by atoms with Gasteiger partial charge in [-0.2, -0.15) is 9.97 Å². The number of rotatable bonds is 10. The first-order valence-corrected chi connectivity index (χ1v) is 14.2. The molecule has 0 amide bonds. The van der Waals surface area contributed by atoms with Crippen LogP contribution in [0.25, 0.3) is 11.0 Å². The standard InChI is InChI=1S/C30H36N8O4/c1-41-23-7-3-19(4-8-23)15-31-27-25-26(34-29(35-27)37-13-11-21(39)17-37)28(32-16-20-5-9-24(42-2)10-6-20)36-30(33-25)38-14-12-22(40)18-38/h3-10,21-22,39-40H,11-18H2,1-2H3,(H,31,34,35)(H,32,33,36). The smallest absolute Gasteiger partial charge is 0.228 e. The Hall–Kier alpha value is -4.42. The molecule has 12 heteroatoms. The number of β-amino-alcohol motifs (C(OH)–C–C–N with tert-alkyl or cyclic N) is 2. The van der Waals surface area contributed by atoms with Crippen LogP contribution in [0.1, 0.15) is 24.0 Å². The number of anilines is 4. The number of hydrogen-bond acceptors (Lipinski definition) is 12. The lowest BCUT2D eigenvalue weighted by Gasteiger charge is -2.21.